The van der Waals surface area contributed by atoms with E-state index in [2.05, 4.69) is 15.6 Å². The molecule has 1 fully saturated rings. The Morgan fingerprint density at radius 3 is 2.52 bits per heavy atom. The number of ether oxygens (including phenoxy) is 2. The summed E-state index contributed by atoms with van der Waals surface area (Å²) in [6, 6.07) is 15.8. The molecule has 0 bridgehead atoms. The SMILES string of the molecule is CCNC(=NCc1ccc(OCc2ccccc2)c(OC)c1)NCC(=O)N1CCCC1. The third-order valence-corrected chi connectivity index (χ3v) is 5.09. The van der Waals surface area contributed by atoms with Crippen molar-refractivity contribution in [3.63, 3.8) is 0 Å². The fourth-order valence-electron chi connectivity index (χ4n) is 3.41. The molecule has 0 spiro atoms. The molecule has 2 N–H and O–H groups in total. The van der Waals surface area contributed by atoms with Gasteiger partial charge in [-0.25, -0.2) is 4.99 Å². The Hall–Kier alpha value is -3.22. The predicted octanol–water partition coefficient (Wildman–Crippen LogP) is 2.95. The zero-order valence-electron chi connectivity index (χ0n) is 18.4. The van der Waals surface area contributed by atoms with Gasteiger partial charge in [-0.2, -0.15) is 0 Å². The van der Waals surface area contributed by atoms with Crippen LogP contribution in [0.15, 0.2) is 53.5 Å². The van der Waals surface area contributed by atoms with Gasteiger partial charge in [0.25, 0.3) is 0 Å². The minimum atomic E-state index is 0.115. The summed E-state index contributed by atoms with van der Waals surface area (Å²) < 4.78 is 11.4. The second-order valence-corrected chi connectivity index (χ2v) is 7.40. The molecule has 0 aromatic heterocycles. The number of nitrogens with zero attached hydrogens (tertiary/aromatic N) is 2. The van der Waals surface area contributed by atoms with E-state index in [1.807, 2.05) is 60.4 Å². The summed E-state index contributed by atoms with van der Waals surface area (Å²) in [4.78, 5) is 18.8. The Bertz CT molecular complexity index is 864. The van der Waals surface area contributed by atoms with E-state index in [0.717, 1.165) is 43.6 Å². The first-order valence-corrected chi connectivity index (χ1v) is 10.8. The van der Waals surface area contributed by atoms with Crippen molar-refractivity contribution in [3.05, 3.63) is 59.7 Å². The fourth-order valence-corrected chi connectivity index (χ4v) is 3.41. The Balaban J connectivity index is 1.58. The average Bonchev–Trinajstić information content (AvgIpc) is 3.35. The zero-order valence-corrected chi connectivity index (χ0v) is 18.4. The molecule has 2 aromatic rings. The number of carbonyl (C=O) groups excluding carboxylic acids is 1. The quantitative estimate of drug-likeness (QED) is 0.478. The largest absolute Gasteiger partial charge is 0.493 e. The van der Waals surface area contributed by atoms with Crippen molar-refractivity contribution in [2.45, 2.75) is 32.9 Å². The van der Waals surface area contributed by atoms with Gasteiger partial charge in [0.2, 0.25) is 5.91 Å². The van der Waals surface area contributed by atoms with E-state index in [4.69, 9.17) is 9.47 Å². The lowest BCUT2D eigenvalue weighted by Crippen LogP contribution is -2.44. The maximum atomic E-state index is 12.3. The van der Waals surface area contributed by atoms with Crippen LogP contribution in [0.5, 0.6) is 11.5 Å². The van der Waals surface area contributed by atoms with Gasteiger partial charge < -0.3 is 25.0 Å². The topological polar surface area (TPSA) is 75.2 Å². The maximum Gasteiger partial charge on any atom is 0.241 e. The van der Waals surface area contributed by atoms with Crippen LogP contribution >= 0.6 is 0 Å². The van der Waals surface area contributed by atoms with Crippen molar-refractivity contribution in [1.29, 1.82) is 0 Å². The third kappa shape index (κ3) is 6.91. The van der Waals surface area contributed by atoms with Crippen LogP contribution in [-0.2, 0) is 17.9 Å². The van der Waals surface area contributed by atoms with E-state index >= 15 is 0 Å². The van der Waals surface area contributed by atoms with E-state index in [0.29, 0.717) is 30.6 Å². The molecule has 166 valence electrons. The van der Waals surface area contributed by atoms with E-state index in [-0.39, 0.29) is 12.5 Å². The molecule has 7 heteroatoms. The third-order valence-electron chi connectivity index (χ3n) is 5.09. The Kier molecular flexibility index (Phi) is 8.58. The number of amides is 1. The van der Waals surface area contributed by atoms with Crippen molar-refractivity contribution in [1.82, 2.24) is 15.5 Å². The van der Waals surface area contributed by atoms with Gasteiger partial charge in [-0.1, -0.05) is 36.4 Å². The number of hydrogen-bond acceptors (Lipinski definition) is 4. The standard InChI is InChI=1S/C24H32N4O3/c1-3-25-24(27-17-23(29)28-13-7-8-14-28)26-16-20-11-12-21(22(15-20)30-2)31-18-19-9-5-4-6-10-19/h4-6,9-12,15H,3,7-8,13-14,16-18H2,1-2H3,(H2,25,26,27). The summed E-state index contributed by atoms with van der Waals surface area (Å²) in [6.07, 6.45) is 2.18. The second kappa shape index (κ2) is 11.8. The first-order chi connectivity index (χ1) is 15.2. The molecule has 0 saturated carbocycles. The molecule has 0 radical (unpaired) electrons. The Morgan fingerprint density at radius 2 is 1.81 bits per heavy atom. The normalized spacial score (nSPS) is 13.7. The van der Waals surface area contributed by atoms with Gasteiger partial charge in [0.05, 0.1) is 20.2 Å². The van der Waals surface area contributed by atoms with Crippen LogP contribution in [-0.4, -0.2) is 50.1 Å². The van der Waals surface area contributed by atoms with Crippen LogP contribution in [0.4, 0.5) is 0 Å². The van der Waals surface area contributed by atoms with Gasteiger partial charge in [-0.3, -0.25) is 4.79 Å². The molecule has 7 nitrogen and oxygen atoms in total. The number of methoxy groups -OCH3 is 1. The van der Waals surface area contributed by atoms with Crippen molar-refractivity contribution in [2.75, 3.05) is 33.3 Å². The highest BCUT2D eigenvalue weighted by Gasteiger charge is 2.17. The monoisotopic (exact) mass is 424 g/mol. The lowest BCUT2D eigenvalue weighted by Gasteiger charge is -2.17. The van der Waals surface area contributed by atoms with E-state index in [1.165, 1.54) is 0 Å². The van der Waals surface area contributed by atoms with Crippen molar-refractivity contribution in [2.24, 2.45) is 4.99 Å². The average molecular weight is 425 g/mol. The molecule has 0 unspecified atom stereocenters. The molecular formula is C24H32N4O3. The molecule has 1 aliphatic heterocycles. The Morgan fingerprint density at radius 1 is 1.03 bits per heavy atom. The highest BCUT2D eigenvalue weighted by molar-refractivity contribution is 5.86. The highest BCUT2D eigenvalue weighted by Crippen LogP contribution is 2.29. The van der Waals surface area contributed by atoms with Gasteiger partial charge in [0.1, 0.15) is 6.61 Å². The summed E-state index contributed by atoms with van der Waals surface area (Å²) in [5.74, 6) is 2.11. The van der Waals surface area contributed by atoms with E-state index in [1.54, 1.807) is 7.11 Å². The van der Waals surface area contributed by atoms with Crippen LogP contribution in [0.1, 0.15) is 30.9 Å². The maximum absolute atomic E-state index is 12.3. The number of guanidine groups is 1. The van der Waals surface area contributed by atoms with Crippen LogP contribution < -0.4 is 20.1 Å². The number of aliphatic imine (C=N–C) groups is 1. The minimum Gasteiger partial charge on any atom is -0.493 e. The van der Waals surface area contributed by atoms with Crippen LogP contribution in [0.3, 0.4) is 0 Å². The summed E-state index contributed by atoms with van der Waals surface area (Å²) in [7, 11) is 1.63. The van der Waals surface area contributed by atoms with Crippen LogP contribution in [0, 0.1) is 0 Å². The number of likely N-dealkylation sites (tertiary alicyclic amines) is 1. The number of carbonyl (C=O) groups is 1. The number of nitrogens with one attached hydrogen (secondary N) is 2. The molecule has 3 rings (SSSR count). The summed E-state index contributed by atoms with van der Waals surface area (Å²) >= 11 is 0. The number of rotatable bonds is 9. The molecule has 0 atom stereocenters. The van der Waals surface area contributed by atoms with Gasteiger partial charge in [-0.05, 0) is 43.0 Å². The zero-order chi connectivity index (χ0) is 21.9. The second-order valence-electron chi connectivity index (χ2n) is 7.40. The summed E-state index contributed by atoms with van der Waals surface area (Å²) in [5.41, 5.74) is 2.09. The molecule has 0 aliphatic carbocycles. The number of hydrogen-bond donors (Lipinski definition) is 2. The van der Waals surface area contributed by atoms with E-state index in [9.17, 15) is 4.79 Å². The lowest BCUT2D eigenvalue weighted by molar-refractivity contribution is -0.128. The lowest BCUT2D eigenvalue weighted by atomic mass is 10.2. The van der Waals surface area contributed by atoms with Crippen molar-refractivity contribution in [3.8, 4) is 11.5 Å². The first kappa shape index (κ1) is 22.5. The van der Waals surface area contributed by atoms with Gasteiger partial charge in [0, 0.05) is 19.6 Å². The molecule has 1 amide bonds. The first-order valence-electron chi connectivity index (χ1n) is 10.8. The van der Waals surface area contributed by atoms with Crippen molar-refractivity contribution < 1.29 is 14.3 Å². The molecule has 1 aliphatic rings. The molecule has 1 heterocycles. The number of benzene rings is 2. The fraction of sp³-hybridized carbons (Fsp3) is 0.417. The van der Waals surface area contributed by atoms with Gasteiger partial charge in [0.15, 0.2) is 17.5 Å². The van der Waals surface area contributed by atoms with E-state index < -0.39 is 0 Å². The Labute approximate surface area is 184 Å². The predicted molar refractivity (Wildman–Crippen MR) is 122 cm³/mol. The van der Waals surface area contributed by atoms with Crippen LogP contribution in [0.2, 0.25) is 0 Å². The molecular weight excluding hydrogens is 392 g/mol. The van der Waals surface area contributed by atoms with Gasteiger partial charge in [-0.15, -0.1) is 0 Å². The van der Waals surface area contributed by atoms with Gasteiger partial charge >= 0.3 is 0 Å². The summed E-state index contributed by atoms with van der Waals surface area (Å²) in [6.45, 7) is 5.62. The molecule has 2 aromatic carbocycles. The molecule has 1 saturated heterocycles. The highest BCUT2D eigenvalue weighted by atomic mass is 16.5. The smallest absolute Gasteiger partial charge is 0.241 e. The van der Waals surface area contributed by atoms with Crippen molar-refractivity contribution >= 4 is 11.9 Å². The minimum absolute atomic E-state index is 0.115. The van der Waals surface area contributed by atoms with Crippen LogP contribution in [0.25, 0.3) is 0 Å². The summed E-state index contributed by atoms with van der Waals surface area (Å²) in [5, 5.41) is 6.33. The molecule has 31 heavy (non-hydrogen) atoms.